The predicted molar refractivity (Wildman–Crippen MR) is 143 cm³/mol. The molecule has 2 atom stereocenters. The van der Waals surface area contributed by atoms with Crippen LogP contribution in [0.25, 0.3) is 0 Å². The van der Waals surface area contributed by atoms with E-state index >= 15 is 0 Å². The van der Waals surface area contributed by atoms with Gasteiger partial charge in [-0.1, -0.05) is 11.8 Å². The minimum absolute atomic E-state index is 0.00520. The number of hydrogen-bond acceptors (Lipinski definition) is 11. The van der Waals surface area contributed by atoms with E-state index in [1.807, 2.05) is 0 Å². The van der Waals surface area contributed by atoms with E-state index in [-0.39, 0.29) is 63.3 Å². The van der Waals surface area contributed by atoms with Crippen molar-refractivity contribution in [3.05, 3.63) is 39.8 Å². The molecule has 0 spiro atoms. The largest absolute Gasteiger partial charge is 0.507 e. The molecule has 1 amide bonds. The number of hydrogen-bond donors (Lipinski definition) is 5. The molecule has 214 valence electrons. The summed E-state index contributed by atoms with van der Waals surface area (Å²) >= 11 is 0.783. The highest BCUT2D eigenvalue weighted by atomic mass is 32.2. The Labute approximate surface area is 233 Å². The number of aliphatic carboxylic acids is 1. The number of phenols is 2. The Kier molecular flexibility index (Phi) is 8.78. The predicted octanol–water partition coefficient (Wildman–Crippen LogP) is 1.79. The molecule has 0 radical (unpaired) electrons. The molecule has 1 aromatic carbocycles. The van der Waals surface area contributed by atoms with Gasteiger partial charge >= 0.3 is 5.97 Å². The number of carboxylic acids is 1. The molecule has 3 rings (SSSR count). The number of ether oxygens (including phenoxy) is 1. The van der Waals surface area contributed by atoms with E-state index in [1.54, 1.807) is 0 Å². The summed E-state index contributed by atoms with van der Waals surface area (Å²) in [5.41, 5.74) is -1.79. The Morgan fingerprint density at radius 2 is 1.75 bits per heavy atom. The molecule has 1 aromatic rings. The van der Waals surface area contributed by atoms with Gasteiger partial charge in [-0.2, -0.15) is 0 Å². The first kappa shape index (κ1) is 30.4. The van der Waals surface area contributed by atoms with E-state index < -0.39 is 52.2 Å². The summed E-state index contributed by atoms with van der Waals surface area (Å²) in [5, 5.41) is 35.4. The molecule has 12 nitrogen and oxygen atoms in total. The van der Waals surface area contributed by atoms with Crippen LogP contribution in [0.3, 0.4) is 0 Å². The van der Waals surface area contributed by atoms with E-state index in [1.165, 1.54) is 34.6 Å². The number of thioether (sulfide) groups is 1. The first-order valence-electron chi connectivity index (χ1n) is 12.3. The van der Waals surface area contributed by atoms with Gasteiger partial charge in [0, 0.05) is 43.0 Å². The third-order valence-corrected chi connectivity index (χ3v) is 7.82. The lowest BCUT2D eigenvalue weighted by Gasteiger charge is -2.29. The molecule has 5 N–H and O–H groups in total. The average molecular weight is 575 g/mol. The SMILES string of the molecule is CC(=O)N[C@H](CSC(=O)CCCN/C(C)=C1\C(=O)C=C2Oc3c(C(C)=O)c(O)c(C)c(O)c3[C@@]2(C)C1=O)C(=O)O. The Balaban J connectivity index is 1.75. The lowest BCUT2D eigenvalue weighted by Crippen LogP contribution is -2.41. The number of phenolic OH excluding ortho intramolecular Hbond substituents is 2. The monoisotopic (exact) mass is 574 g/mol. The van der Waals surface area contributed by atoms with Crippen molar-refractivity contribution in [2.24, 2.45) is 0 Å². The molecule has 1 aliphatic carbocycles. The number of rotatable bonds is 10. The molecule has 13 heteroatoms. The number of Topliss-reactive ketones (excluding diaryl/α,β-unsaturated/α-hetero) is 2. The van der Waals surface area contributed by atoms with Gasteiger partial charge in [-0.05, 0) is 34.1 Å². The number of benzene rings is 1. The zero-order valence-corrected chi connectivity index (χ0v) is 23.4. The fraction of sp³-hybridized carbons (Fsp3) is 0.407. The van der Waals surface area contributed by atoms with Crippen LogP contribution in [0.1, 0.15) is 62.0 Å². The zero-order valence-electron chi connectivity index (χ0n) is 22.6. The van der Waals surface area contributed by atoms with E-state index in [9.17, 15) is 39.0 Å². The third-order valence-electron chi connectivity index (χ3n) is 6.79. The smallest absolute Gasteiger partial charge is 0.327 e. The summed E-state index contributed by atoms with van der Waals surface area (Å²) in [6.07, 6.45) is 1.50. The van der Waals surface area contributed by atoms with E-state index in [4.69, 9.17) is 9.84 Å². The maximum atomic E-state index is 13.8. The number of amides is 1. The summed E-state index contributed by atoms with van der Waals surface area (Å²) in [4.78, 5) is 73.5. The zero-order chi connectivity index (χ0) is 30.1. The number of allylic oxidation sites excluding steroid dienone is 4. The van der Waals surface area contributed by atoms with Crippen molar-refractivity contribution in [1.82, 2.24) is 10.6 Å². The topological polar surface area (TPSA) is 196 Å². The van der Waals surface area contributed by atoms with Crippen LogP contribution in [-0.2, 0) is 29.4 Å². The normalized spacial score (nSPS) is 19.6. The quantitative estimate of drug-likeness (QED) is 0.118. The van der Waals surface area contributed by atoms with Gasteiger partial charge in [-0.15, -0.1) is 0 Å². The summed E-state index contributed by atoms with van der Waals surface area (Å²) in [6, 6.07) is -1.19. The second-order valence-electron chi connectivity index (χ2n) is 9.69. The Morgan fingerprint density at radius 3 is 2.33 bits per heavy atom. The number of ketones is 3. The molecule has 0 bridgehead atoms. The maximum Gasteiger partial charge on any atom is 0.327 e. The summed E-state index contributed by atoms with van der Waals surface area (Å²) in [5.74, 6) is -4.90. The average Bonchev–Trinajstić information content (AvgIpc) is 3.15. The maximum absolute atomic E-state index is 13.8. The Hall–Kier alpha value is -4.13. The fourth-order valence-corrected chi connectivity index (χ4v) is 5.50. The molecule has 0 unspecified atom stereocenters. The molecule has 1 aliphatic heterocycles. The van der Waals surface area contributed by atoms with Crippen LogP contribution in [0.15, 0.2) is 23.1 Å². The van der Waals surface area contributed by atoms with E-state index in [0.717, 1.165) is 17.8 Å². The van der Waals surface area contributed by atoms with E-state index in [0.29, 0.717) is 6.42 Å². The van der Waals surface area contributed by atoms with Crippen molar-refractivity contribution in [3.63, 3.8) is 0 Å². The molecular formula is C27H30N2O10S. The van der Waals surface area contributed by atoms with Gasteiger partial charge in [0.2, 0.25) is 5.91 Å². The first-order valence-corrected chi connectivity index (χ1v) is 13.3. The standard InChI is InChI=1S/C27H30N2O10S/c1-11-22(34)20(13(3)30)24-21(23(11)35)27(5)17(39-24)9-16(32)19(25(27)36)12(2)28-8-6-7-18(33)40-10-15(26(37)38)29-14(4)31/h9,15,28,34-35H,6-8,10H2,1-5H3,(H,29,31)(H,37,38)/b19-12+/t15-,27+/m1/s1. The van der Waals surface area contributed by atoms with Gasteiger partial charge in [0.1, 0.15) is 40.0 Å². The van der Waals surface area contributed by atoms with Gasteiger partial charge in [-0.3, -0.25) is 24.0 Å². The van der Waals surface area contributed by atoms with Gasteiger partial charge in [0.25, 0.3) is 0 Å². The second-order valence-corrected chi connectivity index (χ2v) is 10.8. The lowest BCUT2D eigenvalue weighted by atomic mass is 9.70. The molecule has 0 fully saturated rings. The molecular weight excluding hydrogens is 544 g/mol. The molecule has 0 saturated heterocycles. The number of carbonyl (C=O) groups excluding carboxylic acids is 5. The highest BCUT2D eigenvalue weighted by Gasteiger charge is 2.56. The van der Waals surface area contributed by atoms with Crippen LogP contribution >= 0.6 is 11.8 Å². The number of carbonyl (C=O) groups is 6. The Bertz CT molecular complexity index is 1410. The fourth-order valence-electron chi connectivity index (χ4n) is 4.63. The second kappa shape index (κ2) is 11.5. The van der Waals surface area contributed by atoms with Crippen LogP contribution in [0.5, 0.6) is 17.2 Å². The van der Waals surface area contributed by atoms with Gasteiger partial charge in [0.05, 0.1) is 11.1 Å². The minimum atomic E-state index is -1.63. The molecule has 2 aliphatic rings. The van der Waals surface area contributed by atoms with Crippen LogP contribution in [0.4, 0.5) is 0 Å². The first-order chi connectivity index (χ1) is 18.6. The number of fused-ring (bicyclic) bond motifs is 3. The highest BCUT2D eigenvalue weighted by molar-refractivity contribution is 8.13. The summed E-state index contributed by atoms with van der Waals surface area (Å²) in [7, 11) is 0. The number of nitrogens with one attached hydrogen (secondary N) is 2. The van der Waals surface area contributed by atoms with Crippen molar-refractivity contribution in [2.75, 3.05) is 12.3 Å². The minimum Gasteiger partial charge on any atom is -0.507 e. The molecule has 1 heterocycles. The van der Waals surface area contributed by atoms with Crippen LogP contribution in [-0.4, -0.2) is 68.0 Å². The highest BCUT2D eigenvalue weighted by Crippen LogP contribution is 2.57. The van der Waals surface area contributed by atoms with Crippen molar-refractivity contribution in [2.45, 2.75) is 58.9 Å². The van der Waals surface area contributed by atoms with Gasteiger partial charge < -0.3 is 30.7 Å². The Morgan fingerprint density at radius 1 is 1.10 bits per heavy atom. The van der Waals surface area contributed by atoms with Gasteiger partial charge in [0.15, 0.2) is 22.5 Å². The van der Waals surface area contributed by atoms with Crippen molar-refractivity contribution in [1.29, 1.82) is 0 Å². The third kappa shape index (κ3) is 5.46. The van der Waals surface area contributed by atoms with Crippen molar-refractivity contribution >= 4 is 46.1 Å². The van der Waals surface area contributed by atoms with Crippen LogP contribution in [0.2, 0.25) is 0 Å². The van der Waals surface area contributed by atoms with Crippen molar-refractivity contribution in [3.8, 4) is 17.2 Å². The van der Waals surface area contributed by atoms with Crippen LogP contribution < -0.4 is 15.4 Å². The van der Waals surface area contributed by atoms with Crippen molar-refractivity contribution < 1.29 is 48.8 Å². The lowest BCUT2D eigenvalue weighted by molar-refractivity contribution is -0.140. The van der Waals surface area contributed by atoms with Gasteiger partial charge in [-0.25, -0.2) is 4.79 Å². The molecule has 40 heavy (non-hydrogen) atoms. The van der Waals surface area contributed by atoms with Crippen LogP contribution in [0, 0.1) is 6.92 Å². The number of aromatic hydroxyl groups is 2. The molecule has 0 aromatic heterocycles. The number of carboxylic acid groups (broad SMARTS) is 1. The van der Waals surface area contributed by atoms with E-state index in [2.05, 4.69) is 10.6 Å². The summed E-state index contributed by atoms with van der Waals surface area (Å²) < 4.78 is 5.73. The molecule has 0 saturated carbocycles. The summed E-state index contributed by atoms with van der Waals surface area (Å²) in [6.45, 7) is 6.98.